The van der Waals surface area contributed by atoms with Gasteiger partial charge in [-0.25, -0.2) is 4.79 Å². The third-order valence-electron chi connectivity index (χ3n) is 2.79. The number of hydrogen-bond donors (Lipinski definition) is 2. The molecule has 2 N–H and O–H groups in total. The Kier molecular flexibility index (Phi) is 4.24. The van der Waals surface area contributed by atoms with E-state index in [1.165, 1.54) is 6.07 Å². The largest absolute Gasteiger partial charge is 0.478 e. The van der Waals surface area contributed by atoms with Crippen LogP contribution in [0.3, 0.4) is 0 Å². The third-order valence-corrected chi connectivity index (χ3v) is 3.32. The summed E-state index contributed by atoms with van der Waals surface area (Å²) in [7, 11) is 0. The van der Waals surface area contributed by atoms with E-state index in [9.17, 15) is 9.59 Å². The van der Waals surface area contributed by atoms with Crippen LogP contribution in [-0.2, 0) is 0 Å². The maximum atomic E-state index is 11.9. The average molecular weight is 338 g/mol. The van der Waals surface area contributed by atoms with Gasteiger partial charge in [-0.05, 0) is 24.6 Å². The summed E-state index contributed by atoms with van der Waals surface area (Å²) >= 11 is 3.34. The molecule has 0 bridgehead atoms. The predicted molar refractivity (Wildman–Crippen MR) is 75.7 cm³/mol. The Morgan fingerprint density at radius 3 is 2.50 bits per heavy atom. The molecule has 0 fully saturated rings. The Bertz CT molecular complexity index is 633. The zero-order valence-corrected chi connectivity index (χ0v) is 12.2. The summed E-state index contributed by atoms with van der Waals surface area (Å²) in [6.45, 7) is 1.84. The Morgan fingerprint density at radius 2 is 1.95 bits per heavy atom. The Hall–Kier alpha value is -2.08. The smallest absolute Gasteiger partial charge is 0.338 e. The fourth-order valence-electron chi connectivity index (χ4n) is 1.67. The molecule has 5 nitrogen and oxygen atoms in total. The van der Waals surface area contributed by atoms with E-state index in [2.05, 4.69) is 21.2 Å². The minimum absolute atomic E-state index is 0.0219. The summed E-state index contributed by atoms with van der Waals surface area (Å²) in [6, 6.07) is 8.53. The van der Waals surface area contributed by atoms with Gasteiger partial charge in [-0.3, -0.25) is 4.79 Å². The number of carboxylic acid groups (broad SMARTS) is 1. The molecule has 20 heavy (non-hydrogen) atoms. The second-order valence-electron chi connectivity index (χ2n) is 4.25. The van der Waals surface area contributed by atoms with E-state index in [4.69, 9.17) is 9.52 Å². The summed E-state index contributed by atoms with van der Waals surface area (Å²) in [4.78, 5) is 22.6. The first-order chi connectivity index (χ1) is 9.47. The number of carbonyl (C=O) groups excluding carboxylic acids is 1. The number of rotatable bonds is 4. The average Bonchev–Trinajstić information content (AvgIpc) is 2.89. The zero-order valence-electron chi connectivity index (χ0n) is 10.6. The molecule has 6 heteroatoms. The first-order valence-corrected chi connectivity index (χ1v) is 6.65. The molecule has 2 rings (SSSR count). The van der Waals surface area contributed by atoms with E-state index >= 15 is 0 Å². The molecule has 1 aromatic heterocycles. The lowest BCUT2D eigenvalue weighted by molar-refractivity contribution is 0.0695. The van der Waals surface area contributed by atoms with Crippen molar-refractivity contribution in [2.45, 2.75) is 13.0 Å². The van der Waals surface area contributed by atoms with Gasteiger partial charge in [0, 0.05) is 10.5 Å². The van der Waals surface area contributed by atoms with Gasteiger partial charge in [0.1, 0.15) is 6.26 Å². The standard InChI is InChI=1S/C14H12BrNO4/c1-8(9-2-4-11(15)5-3-9)16-13(17)12-6-10(7-20-12)14(18)19/h2-8H,1H3,(H,16,17)(H,18,19). The maximum Gasteiger partial charge on any atom is 0.338 e. The van der Waals surface area contributed by atoms with Gasteiger partial charge in [-0.1, -0.05) is 28.1 Å². The normalized spacial score (nSPS) is 11.9. The molecular formula is C14H12BrNO4. The number of aromatic carboxylic acids is 1. The van der Waals surface area contributed by atoms with Crippen molar-refractivity contribution in [3.8, 4) is 0 Å². The minimum Gasteiger partial charge on any atom is -0.478 e. The summed E-state index contributed by atoms with van der Waals surface area (Å²) < 4.78 is 5.90. The molecule has 1 aromatic carbocycles. The number of amides is 1. The highest BCUT2D eigenvalue weighted by atomic mass is 79.9. The van der Waals surface area contributed by atoms with E-state index in [-0.39, 0.29) is 17.4 Å². The van der Waals surface area contributed by atoms with Crippen LogP contribution in [-0.4, -0.2) is 17.0 Å². The van der Waals surface area contributed by atoms with Gasteiger partial charge in [0.25, 0.3) is 5.91 Å². The van der Waals surface area contributed by atoms with Gasteiger partial charge in [0.15, 0.2) is 5.76 Å². The third kappa shape index (κ3) is 3.27. The Morgan fingerprint density at radius 1 is 1.30 bits per heavy atom. The number of hydrogen-bond acceptors (Lipinski definition) is 3. The molecule has 1 atom stereocenters. The molecular weight excluding hydrogens is 326 g/mol. The molecule has 1 amide bonds. The van der Waals surface area contributed by atoms with Crippen molar-refractivity contribution in [1.29, 1.82) is 0 Å². The van der Waals surface area contributed by atoms with E-state index in [0.717, 1.165) is 16.3 Å². The number of nitrogens with one attached hydrogen (secondary N) is 1. The Labute approximate surface area is 123 Å². The summed E-state index contributed by atoms with van der Waals surface area (Å²) in [5, 5.41) is 11.5. The molecule has 1 heterocycles. The highest BCUT2D eigenvalue weighted by Crippen LogP contribution is 2.17. The maximum absolute atomic E-state index is 11.9. The second kappa shape index (κ2) is 5.92. The number of furan rings is 1. The summed E-state index contributed by atoms with van der Waals surface area (Å²) in [5.74, 6) is -1.60. The van der Waals surface area contributed by atoms with Gasteiger partial charge in [-0.15, -0.1) is 0 Å². The quantitative estimate of drug-likeness (QED) is 0.897. The van der Waals surface area contributed by atoms with Crippen LogP contribution >= 0.6 is 15.9 Å². The van der Waals surface area contributed by atoms with Gasteiger partial charge in [0.05, 0.1) is 11.6 Å². The summed E-state index contributed by atoms with van der Waals surface area (Å²) in [5.41, 5.74) is 0.887. The number of benzene rings is 1. The van der Waals surface area contributed by atoms with Crippen molar-refractivity contribution < 1.29 is 19.1 Å². The lowest BCUT2D eigenvalue weighted by Gasteiger charge is -2.13. The van der Waals surface area contributed by atoms with Gasteiger partial charge in [-0.2, -0.15) is 0 Å². The van der Waals surface area contributed by atoms with Crippen LogP contribution in [0.15, 0.2) is 45.5 Å². The monoisotopic (exact) mass is 337 g/mol. The Balaban J connectivity index is 2.06. The molecule has 2 aromatic rings. The van der Waals surface area contributed by atoms with E-state index < -0.39 is 11.9 Å². The van der Waals surface area contributed by atoms with Crippen LogP contribution in [0.4, 0.5) is 0 Å². The number of carboxylic acids is 1. The first-order valence-electron chi connectivity index (χ1n) is 5.85. The van der Waals surface area contributed by atoms with Crippen LogP contribution in [0.1, 0.15) is 39.4 Å². The lowest BCUT2D eigenvalue weighted by atomic mass is 10.1. The molecule has 0 radical (unpaired) electrons. The van der Waals surface area contributed by atoms with Crippen molar-refractivity contribution in [2.24, 2.45) is 0 Å². The van der Waals surface area contributed by atoms with Crippen LogP contribution < -0.4 is 5.32 Å². The molecule has 0 aliphatic heterocycles. The van der Waals surface area contributed by atoms with Crippen LogP contribution in [0.5, 0.6) is 0 Å². The van der Waals surface area contributed by atoms with Crippen molar-refractivity contribution >= 4 is 27.8 Å². The van der Waals surface area contributed by atoms with Crippen LogP contribution in [0.25, 0.3) is 0 Å². The minimum atomic E-state index is -1.13. The second-order valence-corrected chi connectivity index (χ2v) is 5.17. The lowest BCUT2D eigenvalue weighted by Crippen LogP contribution is -2.26. The van der Waals surface area contributed by atoms with E-state index in [1.807, 2.05) is 31.2 Å². The molecule has 1 unspecified atom stereocenters. The van der Waals surface area contributed by atoms with Crippen molar-refractivity contribution in [3.05, 3.63) is 58.0 Å². The molecule has 0 spiro atoms. The molecule has 0 saturated heterocycles. The predicted octanol–water partition coefficient (Wildman–Crippen LogP) is 3.23. The van der Waals surface area contributed by atoms with Crippen molar-refractivity contribution in [3.63, 3.8) is 0 Å². The molecule has 0 aliphatic carbocycles. The number of halogens is 1. The molecule has 0 saturated carbocycles. The highest BCUT2D eigenvalue weighted by molar-refractivity contribution is 9.10. The van der Waals surface area contributed by atoms with Gasteiger partial charge >= 0.3 is 5.97 Å². The SMILES string of the molecule is CC(NC(=O)c1cc(C(=O)O)co1)c1ccc(Br)cc1. The fraction of sp³-hybridized carbons (Fsp3) is 0.143. The fourth-order valence-corrected chi connectivity index (χ4v) is 1.93. The van der Waals surface area contributed by atoms with Crippen LogP contribution in [0.2, 0.25) is 0 Å². The van der Waals surface area contributed by atoms with E-state index in [0.29, 0.717) is 0 Å². The van der Waals surface area contributed by atoms with Gasteiger partial charge in [0.2, 0.25) is 0 Å². The zero-order chi connectivity index (χ0) is 14.7. The highest BCUT2D eigenvalue weighted by Gasteiger charge is 2.17. The number of carbonyl (C=O) groups is 2. The topological polar surface area (TPSA) is 79.5 Å². The molecule has 104 valence electrons. The van der Waals surface area contributed by atoms with Crippen molar-refractivity contribution in [1.82, 2.24) is 5.32 Å². The van der Waals surface area contributed by atoms with E-state index in [1.54, 1.807) is 0 Å². The molecule has 0 aliphatic rings. The first kappa shape index (κ1) is 14.3. The van der Waals surface area contributed by atoms with Gasteiger partial charge < -0.3 is 14.8 Å². The van der Waals surface area contributed by atoms with Crippen LogP contribution in [0, 0.1) is 0 Å². The van der Waals surface area contributed by atoms with Crippen molar-refractivity contribution in [2.75, 3.05) is 0 Å². The summed E-state index contributed by atoms with van der Waals surface area (Å²) in [6.07, 6.45) is 1.04.